The van der Waals surface area contributed by atoms with Crippen LogP contribution >= 0.6 is 0 Å². The monoisotopic (exact) mass is 378 g/mol. The van der Waals surface area contributed by atoms with Crippen LogP contribution in [0.2, 0.25) is 0 Å². The van der Waals surface area contributed by atoms with Crippen LogP contribution in [0, 0.1) is 23.3 Å². The third kappa shape index (κ3) is 3.58. The number of hydrogen-bond acceptors (Lipinski definition) is 4. The Morgan fingerprint density at radius 1 is 1.00 bits per heavy atom. The maximum Gasteiger partial charge on any atom is 0.173 e. The van der Waals surface area contributed by atoms with E-state index < -0.39 is 28.8 Å². The van der Waals surface area contributed by atoms with Crippen LogP contribution in [-0.2, 0) is 19.5 Å². The van der Waals surface area contributed by atoms with Gasteiger partial charge in [-0.05, 0) is 19.3 Å². The Balaban J connectivity index is 1.53. The van der Waals surface area contributed by atoms with Crippen LogP contribution in [0.25, 0.3) is 0 Å². The number of aromatic nitrogens is 2. The van der Waals surface area contributed by atoms with Crippen molar-refractivity contribution in [3.8, 4) is 0 Å². The lowest BCUT2D eigenvalue weighted by Gasteiger charge is -2.28. The van der Waals surface area contributed by atoms with Crippen molar-refractivity contribution in [1.82, 2.24) is 14.9 Å². The van der Waals surface area contributed by atoms with E-state index in [0.29, 0.717) is 25.3 Å². The number of nitrogens with zero attached hydrogens (tertiary/aromatic N) is 4. The molecule has 27 heavy (non-hydrogen) atoms. The Morgan fingerprint density at radius 3 is 2.48 bits per heavy atom. The molecule has 0 saturated heterocycles. The predicted molar refractivity (Wildman–Crippen MR) is 91.4 cm³/mol. The summed E-state index contributed by atoms with van der Waals surface area (Å²) >= 11 is 0. The average Bonchev–Trinajstić information content (AvgIpc) is 2.70. The first-order valence-electron chi connectivity index (χ1n) is 8.95. The maximum atomic E-state index is 13.9. The molecule has 0 spiro atoms. The standard InChI is InChI=1S/C19H18F4N4/c20-13-7-14(21)18(23)12(17(13)22)10-27-6-4-15-11(9-27)8-25-19(26-15)16-3-1-2-5-24-16/h7-8H,1-6,9-10H2. The highest BCUT2D eigenvalue weighted by Crippen LogP contribution is 2.24. The van der Waals surface area contributed by atoms with Gasteiger partial charge in [0.2, 0.25) is 0 Å². The molecule has 0 bridgehead atoms. The van der Waals surface area contributed by atoms with Crippen molar-refractivity contribution in [1.29, 1.82) is 0 Å². The Labute approximate surface area is 154 Å². The summed E-state index contributed by atoms with van der Waals surface area (Å²) in [6.07, 6.45) is 5.30. The highest BCUT2D eigenvalue weighted by Gasteiger charge is 2.25. The second kappa shape index (κ2) is 7.34. The lowest BCUT2D eigenvalue weighted by atomic mass is 10.0. The second-order valence-electron chi connectivity index (χ2n) is 6.86. The van der Waals surface area contributed by atoms with Crippen molar-refractivity contribution in [2.75, 3.05) is 13.1 Å². The molecule has 1 aromatic heterocycles. The zero-order valence-corrected chi connectivity index (χ0v) is 14.6. The van der Waals surface area contributed by atoms with Gasteiger partial charge in [0.15, 0.2) is 29.1 Å². The summed E-state index contributed by atoms with van der Waals surface area (Å²) in [7, 11) is 0. The van der Waals surface area contributed by atoms with Crippen molar-refractivity contribution in [2.45, 2.75) is 38.8 Å². The van der Waals surface area contributed by atoms with E-state index in [1.165, 1.54) is 0 Å². The summed E-state index contributed by atoms with van der Waals surface area (Å²) in [5, 5.41) is 0. The Morgan fingerprint density at radius 2 is 1.78 bits per heavy atom. The first-order valence-corrected chi connectivity index (χ1v) is 8.95. The summed E-state index contributed by atoms with van der Waals surface area (Å²) in [4.78, 5) is 15.2. The summed E-state index contributed by atoms with van der Waals surface area (Å²) < 4.78 is 54.6. The average molecular weight is 378 g/mol. The first-order chi connectivity index (χ1) is 13.0. The molecule has 2 aromatic rings. The van der Waals surface area contributed by atoms with Crippen LogP contribution in [0.1, 0.15) is 41.9 Å². The molecule has 2 aliphatic rings. The predicted octanol–water partition coefficient (Wildman–Crippen LogP) is 3.56. The molecule has 0 amide bonds. The van der Waals surface area contributed by atoms with E-state index in [4.69, 9.17) is 0 Å². The maximum absolute atomic E-state index is 13.9. The van der Waals surface area contributed by atoms with E-state index in [0.717, 1.165) is 42.8 Å². The van der Waals surface area contributed by atoms with Gasteiger partial charge in [0, 0.05) is 56.0 Å². The highest BCUT2D eigenvalue weighted by atomic mass is 19.2. The number of aliphatic imine (C=N–C) groups is 1. The molecule has 0 saturated carbocycles. The van der Waals surface area contributed by atoms with E-state index in [1.807, 2.05) is 0 Å². The second-order valence-corrected chi connectivity index (χ2v) is 6.86. The molecular weight excluding hydrogens is 360 g/mol. The van der Waals surface area contributed by atoms with Crippen LogP contribution in [0.5, 0.6) is 0 Å². The minimum atomic E-state index is -1.39. The van der Waals surface area contributed by atoms with Crippen LogP contribution < -0.4 is 0 Å². The molecular formula is C19H18F4N4. The molecule has 4 rings (SSSR count). The van der Waals surface area contributed by atoms with Gasteiger partial charge in [0.1, 0.15) is 0 Å². The first kappa shape index (κ1) is 18.0. The van der Waals surface area contributed by atoms with E-state index in [1.54, 1.807) is 11.1 Å². The smallest absolute Gasteiger partial charge is 0.173 e. The molecule has 0 fully saturated rings. The Hall–Kier alpha value is -2.35. The van der Waals surface area contributed by atoms with Gasteiger partial charge in [-0.2, -0.15) is 0 Å². The fourth-order valence-corrected chi connectivity index (χ4v) is 3.51. The molecule has 0 aliphatic carbocycles. The zero-order valence-electron chi connectivity index (χ0n) is 14.6. The minimum absolute atomic E-state index is 0.222. The fraction of sp³-hybridized carbons (Fsp3) is 0.421. The van der Waals surface area contributed by atoms with Crippen molar-refractivity contribution in [2.24, 2.45) is 4.99 Å². The molecule has 4 nitrogen and oxygen atoms in total. The topological polar surface area (TPSA) is 41.4 Å². The molecule has 8 heteroatoms. The van der Waals surface area contributed by atoms with Gasteiger partial charge in [-0.15, -0.1) is 0 Å². The number of benzene rings is 1. The molecule has 142 valence electrons. The van der Waals surface area contributed by atoms with Crippen molar-refractivity contribution >= 4 is 5.71 Å². The fourth-order valence-electron chi connectivity index (χ4n) is 3.51. The molecule has 0 N–H and O–H groups in total. The molecule has 0 radical (unpaired) electrons. The zero-order chi connectivity index (χ0) is 19.0. The third-order valence-corrected chi connectivity index (χ3v) is 4.98. The Kier molecular flexibility index (Phi) is 4.90. The van der Waals surface area contributed by atoms with Gasteiger partial charge >= 0.3 is 0 Å². The van der Waals surface area contributed by atoms with Crippen LogP contribution in [0.4, 0.5) is 17.6 Å². The number of halogens is 4. The lowest BCUT2D eigenvalue weighted by molar-refractivity contribution is 0.233. The largest absolute Gasteiger partial charge is 0.294 e. The molecule has 0 unspecified atom stereocenters. The normalized spacial score (nSPS) is 17.6. The van der Waals surface area contributed by atoms with Gasteiger partial charge < -0.3 is 0 Å². The van der Waals surface area contributed by atoms with Crippen molar-refractivity contribution < 1.29 is 17.6 Å². The van der Waals surface area contributed by atoms with Crippen molar-refractivity contribution in [3.63, 3.8) is 0 Å². The van der Waals surface area contributed by atoms with Gasteiger partial charge in [-0.25, -0.2) is 27.5 Å². The van der Waals surface area contributed by atoms with E-state index in [-0.39, 0.29) is 12.6 Å². The molecule has 3 heterocycles. The summed E-state index contributed by atoms with van der Waals surface area (Å²) in [5.74, 6) is -4.82. The van der Waals surface area contributed by atoms with E-state index in [2.05, 4.69) is 15.0 Å². The van der Waals surface area contributed by atoms with Crippen LogP contribution in [-0.4, -0.2) is 33.7 Å². The highest BCUT2D eigenvalue weighted by molar-refractivity contribution is 5.97. The lowest BCUT2D eigenvalue weighted by Crippen LogP contribution is -2.32. The van der Waals surface area contributed by atoms with Crippen LogP contribution in [0.15, 0.2) is 17.3 Å². The summed E-state index contributed by atoms with van der Waals surface area (Å²) in [6.45, 7) is 1.41. The SMILES string of the molecule is Fc1cc(F)c(F)c(CN2CCc3nc(C4=NCCCC4)ncc3C2)c1F. The molecule has 1 aromatic carbocycles. The molecule has 0 atom stereocenters. The Bertz CT molecular complexity index is 887. The minimum Gasteiger partial charge on any atom is -0.294 e. The van der Waals surface area contributed by atoms with E-state index in [9.17, 15) is 17.6 Å². The summed E-state index contributed by atoms with van der Waals surface area (Å²) in [5.41, 5.74) is 2.06. The molecule has 2 aliphatic heterocycles. The quantitative estimate of drug-likeness (QED) is 0.606. The van der Waals surface area contributed by atoms with E-state index >= 15 is 0 Å². The summed E-state index contributed by atoms with van der Waals surface area (Å²) in [6, 6.07) is 0.225. The number of hydrogen-bond donors (Lipinski definition) is 0. The number of fused-ring (bicyclic) bond motifs is 1. The van der Waals surface area contributed by atoms with Gasteiger partial charge in [-0.3, -0.25) is 9.89 Å². The van der Waals surface area contributed by atoms with Gasteiger partial charge in [0.25, 0.3) is 0 Å². The van der Waals surface area contributed by atoms with Crippen LogP contribution in [0.3, 0.4) is 0 Å². The van der Waals surface area contributed by atoms with Crippen molar-refractivity contribution in [3.05, 3.63) is 58.2 Å². The number of rotatable bonds is 3. The van der Waals surface area contributed by atoms with Gasteiger partial charge in [-0.1, -0.05) is 0 Å². The van der Waals surface area contributed by atoms with Gasteiger partial charge in [0.05, 0.1) is 11.4 Å². The third-order valence-electron chi connectivity index (χ3n) is 4.98.